The molecule has 2 N–H and O–H groups in total. The maximum Gasteiger partial charge on any atom is 0.329 e. The van der Waals surface area contributed by atoms with Crippen molar-refractivity contribution in [3.05, 3.63) is 59.5 Å². The van der Waals surface area contributed by atoms with Crippen LogP contribution in [0.2, 0.25) is 0 Å². The van der Waals surface area contributed by atoms with Gasteiger partial charge in [0.1, 0.15) is 11.8 Å². The van der Waals surface area contributed by atoms with Gasteiger partial charge in [-0.3, -0.25) is 9.59 Å². The Kier molecular flexibility index (Phi) is 8.02. The molecule has 0 fully saturated rings. The summed E-state index contributed by atoms with van der Waals surface area (Å²) in [5.41, 5.74) is 1.55. The van der Waals surface area contributed by atoms with Crippen molar-refractivity contribution in [2.24, 2.45) is 5.92 Å². The zero-order valence-corrected chi connectivity index (χ0v) is 19.0. The van der Waals surface area contributed by atoms with Crippen LogP contribution in [-0.4, -0.2) is 30.4 Å². The molecule has 0 bridgehead atoms. The van der Waals surface area contributed by atoms with E-state index in [1.54, 1.807) is 45.0 Å². The Morgan fingerprint density at radius 3 is 2.16 bits per heavy atom. The largest absolute Gasteiger partial charge is 0.467 e. The molecule has 0 spiro atoms. The molecule has 1 aromatic heterocycles. The lowest BCUT2D eigenvalue weighted by Gasteiger charge is -2.22. The van der Waals surface area contributed by atoms with E-state index in [0.29, 0.717) is 11.3 Å². The number of hydrogen-bond acceptors (Lipinski definition) is 5. The summed E-state index contributed by atoms with van der Waals surface area (Å²) in [7, 11) is 0. The van der Waals surface area contributed by atoms with Gasteiger partial charge in [-0.2, -0.15) is 0 Å². The maximum absolute atomic E-state index is 12.6. The zero-order chi connectivity index (χ0) is 23.2. The highest BCUT2D eigenvalue weighted by molar-refractivity contribution is 5.97. The van der Waals surface area contributed by atoms with Gasteiger partial charge in [0.25, 0.3) is 11.8 Å². The third kappa shape index (κ3) is 6.98. The third-order valence-electron chi connectivity index (χ3n) is 4.91. The third-order valence-corrected chi connectivity index (χ3v) is 4.91. The number of carbonyl (C=O) groups excluding carboxylic acids is 3. The molecule has 7 heteroatoms. The predicted molar refractivity (Wildman–Crippen MR) is 117 cm³/mol. The summed E-state index contributed by atoms with van der Waals surface area (Å²) >= 11 is 0. The van der Waals surface area contributed by atoms with Gasteiger partial charge in [0.15, 0.2) is 6.61 Å². The Morgan fingerprint density at radius 1 is 1.00 bits per heavy atom. The van der Waals surface area contributed by atoms with Crippen LogP contribution in [-0.2, 0) is 19.7 Å². The van der Waals surface area contributed by atoms with Crippen molar-refractivity contribution in [3.8, 4) is 0 Å². The van der Waals surface area contributed by atoms with Crippen LogP contribution in [0.25, 0.3) is 0 Å². The first-order valence-corrected chi connectivity index (χ1v) is 10.4. The summed E-state index contributed by atoms with van der Waals surface area (Å²) in [5.74, 6) is -1.09. The fraction of sp³-hybridized carbons (Fsp3) is 0.458. The Labute approximate surface area is 183 Å². The lowest BCUT2D eigenvalue weighted by Crippen LogP contribution is -2.46. The van der Waals surface area contributed by atoms with Gasteiger partial charge in [-0.15, -0.1) is 0 Å². The van der Waals surface area contributed by atoms with Crippen LogP contribution >= 0.6 is 0 Å². The van der Waals surface area contributed by atoms with E-state index in [1.807, 2.05) is 12.1 Å². The Balaban J connectivity index is 1.92. The van der Waals surface area contributed by atoms with Crippen LogP contribution in [0.4, 0.5) is 0 Å². The van der Waals surface area contributed by atoms with Crippen LogP contribution in [0.15, 0.2) is 47.1 Å². The molecule has 0 saturated heterocycles. The summed E-state index contributed by atoms with van der Waals surface area (Å²) in [6.45, 7) is 11.2. The van der Waals surface area contributed by atoms with Crippen LogP contribution in [0, 0.1) is 5.92 Å². The molecule has 0 aliphatic heterocycles. The second-order valence-electron chi connectivity index (χ2n) is 8.93. The highest BCUT2D eigenvalue weighted by atomic mass is 16.5. The van der Waals surface area contributed by atoms with Gasteiger partial charge < -0.3 is 19.8 Å². The number of benzene rings is 1. The number of carbonyl (C=O) groups is 3. The summed E-state index contributed by atoms with van der Waals surface area (Å²) < 4.78 is 10.4. The first-order chi connectivity index (χ1) is 14.5. The Hall–Kier alpha value is -3.09. The minimum absolute atomic E-state index is 0.0196. The number of ether oxygens (including phenoxy) is 1. The van der Waals surface area contributed by atoms with Crippen molar-refractivity contribution < 1.29 is 23.5 Å². The lowest BCUT2D eigenvalue weighted by atomic mass is 9.86. The van der Waals surface area contributed by atoms with Crippen molar-refractivity contribution in [2.45, 2.75) is 59.0 Å². The van der Waals surface area contributed by atoms with Crippen molar-refractivity contribution in [2.75, 3.05) is 6.61 Å². The van der Waals surface area contributed by atoms with Gasteiger partial charge in [-0.05, 0) is 48.1 Å². The van der Waals surface area contributed by atoms with Gasteiger partial charge in [0.2, 0.25) is 0 Å². The smallest absolute Gasteiger partial charge is 0.329 e. The molecule has 2 aromatic rings. The molecule has 7 nitrogen and oxygen atoms in total. The van der Waals surface area contributed by atoms with E-state index in [4.69, 9.17) is 9.15 Å². The molecule has 0 radical (unpaired) electrons. The first-order valence-electron chi connectivity index (χ1n) is 10.4. The number of nitrogens with one attached hydrogen (secondary N) is 2. The molecular formula is C24H32N2O5. The van der Waals surface area contributed by atoms with Gasteiger partial charge in [0, 0.05) is 5.56 Å². The first kappa shape index (κ1) is 24.2. The average molecular weight is 429 g/mol. The summed E-state index contributed by atoms with van der Waals surface area (Å²) in [5, 5.41) is 5.41. The number of amides is 2. The van der Waals surface area contributed by atoms with Gasteiger partial charge in [-0.25, -0.2) is 4.79 Å². The molecule has 2 atom stereocenters. The molecule has 2 amide bonds. The molecule has 0 aliphatic rings. The van der Waals surface area contributed by atoms with E-state index in [0.717, 1.165) is 5.56 Å². The van der Waals surface area contributed by atoms with E-state index in [-0.39, 0.29) is 23.3 Å². The summed E-state index contributed by atoms with van der Waals surface area (Å²) in [4.78, 5) is 37.2. The quantitative estimate of drug-likeness (QED) is 0.624. The van der Waals surface area contributed by atoms with Gasteiger partial charge in [-0.1, -0.05) is 46.8 Å². The van der Waals surface area contributed by atoms with E-state index in [2.05, 4.69) is 31.4 Å². The van der Waals surface area contributed by atoms with Crippen molar-refractivity contribution in [1.82, 2.24) is 10.6 Å². The molecular weight excluding hydrogens is 396 g/mol. The predicted octanol–water partition coefficient (Wildman–Crippen LogP) is 3.75. The summed E-state index contributed by atoms with van der Waals surface area (Å²) in [6, 6.07) is 9.54. The van der Waals surface area contributed by atoms with E-state index < -0.39 is 24.5 Å². The highest BCUT2D eigenvalue weighted by Gasteiger charge is 2.27. The molecule has 1 heterocycles. The number of esters is 1. The second kappa shape index (κ2) is 10.3. The highest BCUT2D eigenvalue weighted by Crippen LogP contribution is 2.22. The van der Waals surface area contributed by atoms with E-state index in [9.17, 15) is 14.4 Å². The topological polar surface area (TPSA) is 97.6 Å². The van der Waals surface area contributed by atoms with Crippen LogP contribution in [0.5, 0.6) is 0 Å². The standard InChI is InChI=1S/C24H32N2O5/c1-15(2)21(26-22(28)17-9-11-18(12-10-17)24(4,5)6)23(29)31-14-20(27)25-16(3)19-8-7-13-30-19/h7-13,15-16,21H,14H2,1-6H3,(H,25,27)(H,26,28)/t16?,21-/m0/s1. The minimum atomic E-state index is -0.870. The number of hydrogen-bond donors (Lipinski definition) is 2. The second-order valence-corrected chi connectivity index (χ2v) is 8.93. The zero-order valence-electron chi connectivity index (χ0n) is 19.0. The minimum Gasteiger partial charge on any atom is -0.467 e. The number of rotatable bonds is 8. The van der Waals surface area contributed by atoms with Gasteiger partial charge >= 0.3 is 5.97 Å². The maximum atomic E-state index is 12.6. The molecule has 2 rings (SSSR count). The molecule has 1 unspecified atom stereocenters. The lowest BCUT2D eigenvalue weighted by molar-refractivity contribution is -0.151. The summed E-state index contributed by atoms with van der Waals surface area (Å²) in [6.07, 6.45) is 1.52. The molecule has 168 valence electrons. The molecule has 1 aromatic carbocycles. The molecule has 31 heavy (non-hydrogen) atoms. The fourth-order valence-corrected chi connectivity index (χ4v) is 2.96. The Morgan fingerprint density at radius 2 is 1.65 bits per heavy atom. The normalized spacial score (nSPS) is 13.4. The Bertz CT molecular complexity index is 880. The van der Waals surface area contributed by atoms with Crippen molar-refractivity contribution in [3.63, 3.8) is 0 Å². The monoisotopic (exact) mass is 428 g/mol. The fourth-order valence-electron chi connectivity index (χ4n) is 2.96. The van der Waals surface area contributed by atoms with Crippen LogP contribution in [0.1, 0.15) is 69.3 Å². The van der Waals surface area contributed by atoms with Gasteiger partial charge in [0.05, 0.1) is 12.3 Å². The molecule has 0 aliphatic carbocycles. The SMILES string of the molecule is CC(NC(=O)COC(=O)[C@@H](NC(=O)c1ccc(C(C)(C)C)cc1)C(C)C)c1ccco1. The van der Waals surface area contributed by atoms with Crippen molar-refractivity contribution >= 4 is 17.8 Å². The average Bonchev–Trinajstić information content (AvgIpc) is 3.24. The number of furan rings is 1. The van der Waals surface area contributed by atoms with Crippen LogP contribution < -0.4 is 10.6 Å². The van der Waals surface area contributed by atoms with E-state index in [1.165, 1.54) is 6.26 Å². The van der Waals surface area contributed by atoms with Crippen LogP contribution in [0.3, 0.4) is 0 Å². The van der Waals surface area contributed by atoms with E-state index >= 15 is 0 Å². The molecule has 0 saturated carbocycles. The van der Waals surface area contributed by atoms with Crippen molar-refractivity contribution in [1.29, 1.82) is 0 Å².